The van der Waals surface area contributed by atoms with Crippen LogP contribution in [0.25, 0.3) is 0 Å². The molecule has 17 heavy (non-hydrogen) atoms. The SMILES string of the molecule is CCCC[n+]1c(C)[nH]c(C)c1C.F[B-](F)(F)F. The van der Waals surface area contributed by atoms with E-state index in [0.29, 0.717) is 0 Å². The summed E-state index contributed by atoms with van der Waals surface area (Å²) >= 11 is 0. The van der Waals surface area contributed by atoms with E-state index in [1.54, 1.807) is 0 Å². The smallest absolute Gasteiger partial charge is 0.418 e. The first-order chi connectivity index (χ1) is 7.66. The maximum Gasteiger partial charge on any atom is 0.673 e. The zero-order chi connectivity index (χ0) is 13.6. The lowest BCUT2D eigenvalue weighted by Crippen LogP contribution is -2.37. The van der Waals surface area contributed by atoms with Gasteiger partial charge in [0.25, 0.3) is 5.82 Å². The van der Waals surface area contributed by atoms with Crippen LogP contribution < -0.4 is 4.57 Å². The van der Waals surface area contributed by atoms with Gasteiger partial charge in [-0.05, 0) is 6.42 Å². The predicted molar refractivity (Wildman–Crippen MR) is 60.3 cm³/mol. The number of hydrogen-bond acceptors (Lipinski definition) is 0. The third-order valence-electron chi connectivity index (χ3n) is 2.46. The second-order valence-electron chi connectivity index (χ2n) is 3.92. The van der Waals surface area contributed by atoms with Crippen LogP contribution in [-0.2, 0) is 6.54 Å². The summed E-state index contributed by atoms with van der Waals surface area (Å²) in [5.41, 5.74) is 2.67. The highest BCUT2D eigenvalue weighted by molar-refractivity contribution is 6.50. The Kier molecular flexibility index (Phi) is 6.27. The van der Waals surface area contributed by atoms with E-state index in [2.05, 4.69) is 37.2 Å². The zero-order valence-electron chi connectivity index (χ0n) is 10.7. The predicted octanol–water partition coefficient (Wildman–Crippen LogP) is 3.33. The van der Waals surface area contributed by atoms with Crippen molar-refractivity contribution in [2.45, 2.75) is 47.1 Å². The van der Waals surface area contributed by atoms with Crippen LogP contribution in [0.3, 0.4) is 0 Å². The number of aromatic amines is 1. The fraction of sp³-hybridized carbons (Fsp3) is 0.700. The molecule has 0 aliphatic carbocycles. The molecule has 1 heterocycles. The van der Waals surface area contributed by atoms with E-state index in [1.807, 2.05) is 0 Å². The maximum absolute atomic E-state index is 9.75. The number of aromatic nitrogens is 2. The van der Waals surface area contributed by atoms with Crippen LogP contribution >= 0.6 is 0 Å². The number of aryl methyl sites for hydroxylation is 2. The summed E-state index contributed by atoms with van der Waals surface area (Å²) in [6.07, 6.45) is 2.53. The molecule has 0 saturated heterocycles. The monoisotopic (exact) mass is 254 g/mol. The lowest BCUT2D eigenvalue weighted by Gasteiger charge is -1.98. The van der Waals surface area contributed by atoms with Crippen LogP contribution in [0.5, 0.6) is 0 Å². The average molecular weight is 254 g/mol. The second-order valence-corrected chi connectivity index (χ2v) is 3.92. The first-order valence-corrected chi connectivity index (χ1v) is 5.59. The summed E-state index contributed by atoms with van der Waals surface area (Å²) in [6.45, 7) is 9.82. The maximum atomic E-state index is 9.75. The first kappa shape index (κ1) is 16.0. The van der Waals surface area contributed by atoms with E-state index in [4.69, 9.17) is 0 Å². The number of nitrogens with one attached hydrogen (secondary N) is 1. The van der Waals surface area contributed by atoms with E-state index in [0.717, 1.165) is 6.54 Å². The molecule has 0 bridgehead atoms. The first-order valence-electron chi connectivity index (χ1n) is 5.59. The van der Waals surface area contributed by atoms with E-state index < -0.39 is 7.25 Å². The summed E-state index contributed by atoms with van der Waals surface area (Å²) in [6, 6.07) is 0. The Morgan fingerprint density at radius 2 is 1.59 bits per heavy atom. The highest BCUT2D eigenvalue weighted by Crippen LogP contribution is 2.06. The average Bonchev–Trinajstić information content (AvgIpc) is 2.37. The van der Waals surface area contributed by atoms with Crippen molar-refractivity contribution in [1.82, 2.24) is 4.98 Å². The summed E-state index contributed by atoms with van der Waals surface area (Å²) in [7, 11) is -6.00. The van der Waals surface area contributed by atoms with E-state index >= 15 is 0 Å². The number of H-pyrrole nitrogens is 1. The molecule has 1 N–H and O–H groups in total. The highest BCUT2D eigenvalue weighted by Gasteiger charge is 2.20. The molecule has 1 rings (SSSR count). The standard InChI is InChI=1S/C10H18N2.BF4/c1-5-6-7-12-9(3)8(2)11-10(12)4;2-1(3,4)5/h5-7H2,1-4H3;/q;-1/p+1. The van der Waals surface area contributed by atoms with Gasteiger partial charge in [-0.25, -0.2) is 9.55 Å². The Balaban J connectivity index is 0.000000437. The molecule has 0 saturated carbocycles. The van der Waals surface area contributed by atoms with Crippen molar-refractivity contribution in [3.05, 3.63) is 17.2 Å². The fourth-order valence-corrected chi connectivity index (χ4v) is 1.53. The summed E-state index contributed by atoms with van der Waals surface area (Å²) < 4.78 is 41.4. The van der Waals surface area contributed by atoms with Crippen molar-refractivity contribution in [2.75, 3.05) is 0 Å². The molecular weight excluding hydrogens is 235 g/mol. The fourth-order valence-electron chi connectivity index (χ4n) is 1.53. The van der Waals surface area contributed by atoms with Gasteiger partial charge in [-0.1, -0.05) is 13.3 Å². The van der Waals surface area contributed by atoms with Crippen molar-refractivity contribution < 1.29 is 21.8 Å². The van der Waals surface area contributed by atoms with Crippen molar-refractivity contribution in [2.24, 2.45) is 0 Å². The third kappa shape index (κ3) is 7.02. The van der Waals surface area contributed by atoms with Gasteiger partial charge in [0.2, 0.25) is 0 Å². The molecule has 0 aromatic carbocycles. The van der Waals surface area contributed by atoms with E-state index in [9.17, 15) is 17.3 Å². The lowest BCUT2D eigenvalue weighted by molar-refractivity contribution is -0.707. The zero-order valence-corrected chi connectivity index (χ0v) is 10.7. The molecule has 0 amide bonds. The van der Waals surface area contributed by atoms with Crippen LogP contribution in [0.4, 0.5) is 17.3 Å². The Bertz CT molecular complexity index is 341. The summed E-state index contributed by atoms with van der Waals surface area (Å²) in [5.74, 6) is 1.28. The summed E-state index contributed by atoms with van der Waals surface area (Å²) in [4.78, 5) is 3.35. The minimum absolute atomic E-state index is 1.15. The molecule has 0 aliphatic heterocycles. The molecule has 1 aromatic heterocycles. The Labute approximate surface area is 99.1 Å². The Morgan fingerprint density at radius 1 is 1.12 bits per heavy atom. The molecule has 0 radical (unpaired) electrons. The number of halogens is 4. The van der Waals surface area contributed by atoms with Gasteiger partial charge in [0.15, 0.2) is 0 Å². The minimum atomic E-state index is -6.00. The van der Waals surface area contributed by atoms with Crippen molar-refractivity contribution in [3.8, 4) is 0 Å². The van der Waals surface area contributed by atoms with Gasteiger partial charge < -0.3 is 17.3 Å². The highest BCUT2D eigenvalue weighted by atomic mass is 19.5. The molecule has 0 atom stereocenters. The number of rotatable bonds is 3. The quantitative estimate of drug-likeness (QED) is 0.485. The van der Waals surface area contributed by atoms with Crippen LogP contribution in [0.1, 0.15) is 37.0 Å². The molecule has 0 fully saturated rings. The van der Waals surface area contributed by atoms with Gasteiger partial charge in [-0.3, -0.25) is 0 Å². The van der Waals surface area contributed by atoms with Gasteiger partial charge >= 0.3 is 7.25 Å². The molecule has 0 aliphatic rings. The van der Waals surface area contributed by atoms with Gasteiger partial charge in [0.05, 0.1) is 6.54 Å². The van der Waals surface area contributed by atoms with Gasteiger partial charge in [-0.15, -0.1) is 0 Å². The van der Waals surface area contributed by atoms with Crippen molar-refractivity contribution in [1.29, 1.82) is 0 Å². The second kappa shape index (κ2) is 6.66. The van der Waals surface area contributed by atoms with Crippen LogP contribution in [0, 0.1) is 20.8 Å². The van der Waals surface area contributed by atoms with E-state index in [1.165, 1.54) is 30.1 Å². The van der Waals surface area contributed by atoms with Gasteiger partial charge in [-0.2, -0.15) is 0 Å². The van der Waals surface area contributed by atoms with Gasteiger partial charge in [0.1, 0.15) is 11.4 Å². The van der Waals surface area contributed by atoms with Crippen LogP contribution in [0.2, 0.25) is 0 Å². The van der Waals surface area contributed by atoms with Crippen molar-refractivity contribution in [3.63, 3.8) is 0 Å². The van der Waals surface area contributed by atoms with Crippen molar-refractivity contribution >= 4 is 7.25 Å². The molecule has 0 unspecified atom stereocenters. The number of imidazole rings is 1. The molecule has 100 valence electrons. The molecule has 0 spiro atoms. The molecule has 1 aromatic rings. The molecule has 2 nitrogen and oxygen atoms in total. The number of hydrogen-bond donors (Lipinski definition) is 1. The lowest BCUT2D eigenvalue weighted by atomic mass is 10.3. The third-order valence-corrected chi connectivity index (χ3v) is 2.46. The Hall–Kier alpha value is -1.01. The molecular formula is C10H19BF4N2. The van der Waals surface area contributed by atoms with E-state index in [-0.39, 0.29) is 0 Å². The minimum Gasteiger partial charge on any atom is -0.418 e. The number of unbranched alkanes of at least 4 members (excludes halogenated alkanes) is 1. The Morgan fingerprint density at radius 3 is 1.88 bits per heavy atom. The summed E-state index contributed by atoms with van der Waals surface area (Å²) in [5, 5.41) is 0. The largest absolute Gasteiger partial charge is 0.673 e. The van der Waals surface area contributed by atoms with Crippen LogP contribution in [0.15, 0.2) is 0 Å². The topological polar surface area (TPSA) is 19.7 Å². The van der Waals surface area contributed by atoms with Gasteiger partial charge in [0, 0.05) is 20.8 Å². The number of nitrogens with zero attached hydrogens (tertiary/aromatic N) is 1. The molecule has 7 heteroatoms. The van der Waals surface area contributed by atoms with Crippen LogP contribution in [-0.4, -0.2) is 12.2 Å². The normalized spacial score (nSPS) is 11.1.